The topological polar surface area (TPSA) is 62.1 Å². The maximum Gasteiger partial charge on any atom is 0.262 e. The molecule has 0 fully saturated rings. The van der Waals surface area contributed by atoms with Gasteiger partial charge in [-0.15, -0.1) is 0 Å². The fraction of sp³-hybridized carbons (Fsp3) is 0.231. The number of hydrogen-bond donors (Lipinski definition) is 1. The Morgan fingerprint density at radius 3 is 2.63 bits per heavy atom. The molecule has 1 amide bonds. The van der Waals surface area contributed by atoms with Gasteiger partial charge in [-0.3, -0.25) is 4.79 Å². The molecule has 0 saturated carbocycles. The number of nitrogens with zero attached hydrogens (tertiary/aromatic N) is 1. The van der Waals surface area contributed by atoms with Crippen LogP contribution in [0.25, 0.3) is 6.08 Å². The zero-order valence-corrected chi connectivity index (χ0v) is 11.8. The molecule has 100 valence electrons. The van der Waals surface area contributed by atoms with Gasteiger partial charge in [0.25, 0.3) is 5.91 Å². The van der Waals surface area contributed by atoms with Crippen molar-refractivity contribution in [2.75, 3.05) is 20.3 Å². The Kier molecular flexibility index (Phi) is 6.37. The van der Waals surface area contributed by atoms with Crippen LogP contribution in [0, 0.1) is 11.3 Å². The third-order valence-corrected chi connectivity index (χ3v) is 2.90. The first-order valence-electron chi connectivity index (χ1n) is 5.43. The number of methoxy groups -OCH3 is 1. The van der Waals surface area contributed by atoms with Crippen molar-refractivity contribution >= 4 is 35.2 Å². The number of ether oxygens (including phenoxy) is 1. The molecule has 0 saturated heterocycles. The van der Waals surface area contributed by atoms with Crippen LogP contribution in [0.15, 0.2) is 23.8 Å². The van der Waals surface area contributed by atoms with Crippen LogP contribution in [-0.4, -0.2) is 26.2 Å². The number of nitrogens with one attached hydrogen (secondary N) is 1. The normalized spacial score (nSPS) is 10.9. The van der Waals surface area contributed by atoms with Gasteiger partial charge in [0.2, 0.25) is 0 Å². The molecule has 0 aromatic heterocycles. The van der Waals surface area contributed by atoms with E-state index in [-0.39, 0.29) is 5.57 Å². The first-order valence-corrected chi connectivity index (χ1v) is 6.18. The van der Waals surface area contributed by atoms with E-state index < -0.39 is 5.91 Å². The summed E-state index contributed by atoms with van der Waals surface area (Å²) in [5.74, 6) is -0.490. The van der Waals surface area contributed by atoms with E-state index in [9.17, 15) is 4.79 Å². The van der Waals surface area contributed by atoms with Crippen LogP contribution in [0.1, 0.15) is 5.56 Å². The second-order valence-electron chi connectivity index (χ2n) is 3.55. The van der Waals surface area contributed by atoms with Gasteiger partial charge >= 0.3 is 0 Å². The van der Waals surface area contributed by atoms with E-state index in [1.165, 1.54) is 13.2 Å². The highest BCUT2D eigenvalue weighted by Gasteiger charge is 2.11. The Hall–Kier alpha value is -1.54. The Labute approximate surface area is 121 Å². The van der Waals surface area contributed by atoms with Gasteiger partial charge in [-0.1, -0.05) is 29.3 Å². The highest BCUT2D eigenvalue weighted by Crippen LogP contribution is 2.26. The molecule has 0 radical (unpaired) electrons. The number of nitriles is 1. The summed E-state index contributed by atoms with van der Waals surface area (Å²) in [6.45, 7) is 0.696. The van der Waals surface area contributed by atoms with E-state index in [0.29, 0.717) is 28.8 Å². The van der Waals surface area contributed by atoms with Gasteiger partial charge in [-0.05, 0) is 18.2 Å². The fourth-order valence-electron chi connectivity index (χ4n) is 1.30. The molecule has 0 atom stereocenters. The van der Waals surface area contributed by atoms with Gasteiger partial charge in [-0.25, -0.2) is 0 Å². The molecule has 1 rings (SSSR count). The third-order valence-electron chi connectivity index (χ3n) is 2.25. The van der Waals surface area contributed by atoms with Crippen LogP contribution in [0.5, 0.6) is 0 Å². The van der Waals surface area contributed by atoms with Crippen molar-refractivity contribution in [2.45, 2.75) is 0 Å². The molecule has 4 nitrogen and oxygen atoms in total. The summed E-state index contributed by atoms with van der Waals surface area (Å²) >= 11 is 11.9. The molecular formula is C13H12Cl2N2O2. The molecule has 0 spiro atoms. The molecular weight excluding hydrogens is 287 g/mol. The van der Waals surface area contributed by atoms with Crippen molar-refractivity contribution in [1.82, 2.24) is 5.32 Å². The van der Waals surface area contributed by atoms with E-state index >= 15 is 0 Å². The average Bonchev–Trinajstić information content (AvgIpc) is 2.38. The third kappa shape index (κ3) is 4.56. The molecule has 19 heavy (non-hydrogen) atoms. The predicted octanol–water partition coefficient (Wildman–Crippen LogP) is 2.66. The van der Waals surface area contributed by atoms with Crippen LogP contribution in [0.2, 0.25) is 10.0 Å². The van der Waals surface area contributed by atoms with Crippen molar-refractivity contribution in [1.29, 1.82) is 5.26 Å². The Morgan fingerprint density at radius 2 is 2.11 bits per heavy atom. The molecule has 1 aromatic rings. The van der Waals surface area contributed by atoms with Gasteiger partial charge in [0, 0.05) is 29.3 Å². The molecule has 0 aliphatic rings. The Morgan fingerprint density at radius 1 is 1.47 bits per heavy atom. The maximum atomic E-state index is 11.7. The summed E-state index contributed by atoms with van der Waals surface area (Å²) in [6, 6.07) is 6.78. The van der Waals surface area contributed by atoms with E-state index in [2.05, 4.69) is 5.32 Å². The number of carbonyl (C=O) groups excluding carboxylic acids is 1. The summed E-state index contributed by atoms with van der Waals surface area (Å²) in [7, 11) is 1.52. The lowest BCUT2D eigenvalue weighted by Gasteiger charge is -2.05. The van der Waals surface area contributed by atoms with Crippen LogP contribution >= 0.6 is 23.2 Å². The minimum atomic E-state index is -0.490. The summed E-state index contributed by atoms with van der Waals surface area (Å²) in [6.07, 6.45) is 1.37. The highest BCUT2D eigenvalue weighted by molar-refractivity contribution is 6.37. The summed E-state index contributed by atoms with van der Waals surface area (Å²) in [5.41, 5.74) is 0.385. The first kappa shape index (κ1) is 15.5. The maximum absolute atomic E-state index is 11.7. The number of rotatable bonds is 5. The standard InChI is InChI=1S/C13H12Cl2N2O2/c1-19-6-5-17-13(18)9(8-16)7-10-11(14)3-2-4-12(10)15/h2-4,7H,5-6H2,1H3,(H,17,18). The van der Waals surface area contributed by atoms with Crippen LogP contribution in [0.3, 0.4) is 0 Å². The van der Waals surface area contributed by atoms with Crippen molar-refractivity contribution < 1.29 is 9.53 Å². The summed E-state index contributed by atoms with van der Waals surface area (Å²) < 4.78 is 4.80. The van der Waals surface area contributed by atoms with Crippen molar-refractivity contribution in [3.63, 3.8) is 0 Å². The number of hydrogen-bond acceptors (Lipinski definition) is 3. The second kappa shape index (κ2) is 7.80. The molecule has 0 aliphatic carbocycles. The summed E-state index contributed by atoms with van der Waals surface area (Å²) in [5, 5.41) is 12.3. The molecule has 1 aromatic carbocycles. The van der Waals surface area contributed by atoms with Gasteiger partial charge in [0.05, 0.1) is 6.61 Å². The average molecular weight is 299 g/mol. The minimum Gasteiger partial charge on any atom is -0.383 e. The molecule has 0 aliphatic heterocycles. The van der Waals surface area contributed by atoms with Crippen LogP contribution < -0.4 is 5.32 Å². The predicted molar refractivity (Wildman–Crippen MR) is 74.9 cm³/mol. The molecule has 0 bridgehead atoms. The fourth-order valence-corrected chi connectivity index (χ4v) is 1.81. The number of carbonyl (C=O) groups is 1. The van der Waals surface area contributed by atoms with E-state index in [1.54, 1.807) is 18.2 Å². The van der Waals surface area contributed by atoms with E-state index in [0.717, 1.165) is 0 Å². The van der Waals surface area contributed by atoms with Gasteiger partial charge in [-0.2, -0.15) is 5.26 Å². The lowest BCUT2D eigenvalue weighted by atomic mass is 10.1. The summed E-state index contributed by atoms with van der Waals surface area (Å²) in [4.78, 5) is 11.7. The molecule has 0 unspecified atom stereocenters. The second-order valence-corrected chi connectivity index (χ2v) is 4.37. The Bertz CT molecular complexity index is 516. The molecule has 6 heteroatoms. The minimum absolute atomic E-state index is 0.0638. The molecule has 1 N–H and O–H groups in total. The lowest BCUT2D eigenvalue weighted by Crippen LogP contribution is -2.27. The number of benzene rings is 1. The first-order chi connectivity index (χ1) is 9.10. The van der Waals surface area contributed by atoms with E-state index in [1.807, 2.05) is 6.07 Å². The van der Waals surface area contributed by atoms with Crippen molar-refractivity contribution in [2.24, 2.45) is 0 Å². The zero-order chi connectivity index (χ0) is 14.3. The number of halogens is 2. The van der Waals surface area contributed by atoms with Crippen LogP contribution in [0.4, 0.5) is 0 Å². The van der Waals surface area contributed by atoms with Crippen molar-refractivity contribution in [3.05, 3.63) is 39.4 Å². The highest BCUT2D eigenvalue weighted by atomic mass is 35.5. The zero-order valence-electron chi connectivity index (χ0n) is 10.2. The van der Waals surface area contributed by atoms with Gasteiger partial charge in [0.1, 0.15) is 11.6 Å². The lowest BCUT2D eigenvalue weighted by molar-refractivity contribution is -0.117. The quantitative estimate of drug-likeness (QED) is 0.516. The smallest absolute Gasteiger partial charge is 0.262 e. The van der Waals surface area contributed by atoms with Crippen LogP contribution in [-0.2, 0) is 9.53 Å². The SMILES string of the molecule is COCCNC(=O)C(C#N)=Cc1c(Cl)cccc1Cl. The monoisotopic (exact) mass is 298 g/mol. The largest absolute Gasteiger partial charge is 0.383 e. The molecule has 0 heterocycles. The van der Waals surface area contributed by atoms with Gasteiger partial charge < -0.3 is 10.1 Å². The Balaban J connectivity index is 2.94. The van der Waals surface area contributed by atoms with E-state index in [4.69, 9.17) is 33.2 Å². The number of amides is 1. The van der Waals surface area contributed by atoms with Gasteiger partial charge in [0.15, 0.2) is 0 Å². The van der Waals surface area contributed by atoms with Crippen molar-refractivity contribution in [3.8, 4) is 6.07 Å².